The Morgan fingerprint density at radius 2 is 1.47 bits per heavy atom. The van der Waals surface area contributed by atoms with E-state index in [1.165, 1.54) is 0 Å². The standard InChI is InChI=1S/C13H20O4/c1-13(2,14)8-10-11(16-4)6-9(15-3)7-12(10)17-5/h6-7,14H,8H2,1-5H3. The van der Waals surface area contributed by atoms with E-state index >= 15 is 0 Å². The fraction of sp³-hybridized carbons (Fsp3) is 0.538. The molecule has 96 valence electrons. The van der Waals surface area contributed by atoms with Gasteiger partial charge in [0.05, 0.1) is 26.9 Å². The maximum absolute atomic E-state index is 9.90. The van der Waals surface area contributed by atoms with E-state index in [0.717, 1.165) is 5.56 Å². The first-order valence-electron chi connectivity index (χ1n) is 5.42. The van der Waals surface area contributed by atoms with Gasteiger partial charge in [-0.05, 0) is 13.8 Å². The summed E-state index contributed by atoms with van der Waals surface area (Å²) in [6.45, 7) is 3.49. The summed E-state index contributed by atoms with van der Waals surface area (Å²) in [5.74, 6) is 1.98. The Labute approximate surface area is 102 Å². The highest BCUT2D eigenvalue weighted by molar-refractivity contribution is 5.51. The smallest absolute Gasteiger partial charge is 0.129 e. The zero-order chi connectivity index (χ0) is 13.1. The normalized spacial score (nSPS) is 11.2. The van der Waals surface area contributed by atoms with Crippen LogP contribution < -0.4 is 14.2 Å². The van der Waals surface area contributed by atoms with Crippen molar-refractivity contribution < 1.29 is 19.3 Å². The second kappa shape index (κ2) is 5.27. The van der Waals surface area contributed by atoms with Crippen molar-refractivity contribution in [1.29, 1.82) is 0 Å². The van der Waals surface area contributed by atoms with E-state index < -0.39 is 5.60 Å². The quantitative estimate of drug-likeness (QED) is 0.855. The molecule has 0 heterocycles. The van der Waals surface area contributed by atoms with Crippen molar-refractivity contribution in [3.63, 3.8) is 0 Å². The lowest BCUT2D eigenvalue weighted by Gasteiger charge is -2.21. The fourth-order valence-electron chi connectivity index (χ4n) is 1.68. The second-order valence-corrected chi connectivity index (χ2v) is 4.50. The van der Waals surface area contributed by atoms with Crippen LogP contribution in [0.2, 0.25) is 0 Å². The van der Waals surface area contributed by atoms with Gasteiger partial charge in [0.25, 0.3) is 0 Å². The summed E-state index contributed by atoms with van der Waals surface area (Å²) >= 11 is 0. The van der Waals surface area contributed by atoms with E-state index in [1.54, 1.807) is 47.3 Å². The van der Waals surface area contributed by atoms with Crippen LogP contribution in [0, 0.1) is 0 Å². The summed E-state index contributed by atoms with van der Waals surface area (Å²) in [6, 6.07) is 3.56. The number of aliphatic hydroxyl groups is 1. The van der Waals surface area contributed by atoms with Crippen molar-refractivity contribution in [2.45, 2.75) is 25.9 Å². The number of hydrogen-bond donors (Lipinski definition) is 1. The maximum atomic E-state index is 9.90. The largest absolute Gasteiger partial charge is 0.496 e. The minimum absolute atomic E-state index is 0.448. The van der Waals surface area contributed by atoms with Crippen molar-refractivity contribution in [2.24, 2.45) is 0 Å². The van der Waals surface area contributed by atoms with Crippen LogP contribution in [-0.2, 0) is 6.42 Å². The summed E-state index contributed by atoms with van der Waals surface area (Å²) in [5, 5.41) is 9.90. The Bertz CT molecular complexity index is 354. The van der Waals surface area contributed by atoms with Crippen LogP contribution in [0.1, 0.15) is 19.4 Å². The Kier molecular flexibility index (Phi) is 4.23. The Balaban J connectivity index is 3.24. The maximum Gasteiger partial charge on any atom is 0.129 e. The highest BCUT2D eigenvalue weighted by atomic mass is 16.5. The highest BCUT2D eigenvalue weighted by Gasteiger charge is 2.21. The third kappa shape index (κ3) is 3.53. The van der Waals surface area contributed by atoms with Crippen LogP contribution in [0.3, 0.4) is 0 Å². The highest BCUT2D eigenvalue weighted by Crippen LogP contribution is 2.36. The van der Waals surface area contributed by atoms with Gasteiger partial charge in [-0.3, -0.25) is 0 Å². The van der Waals surface area contributed by atoms with Crippen LogP contribution >= 0.6 is 0 Å². The van der Waals surface area contributed by atoms with E-state index in [4.69, 9.17) is 14.2 Å². The lowest BCUT2D eigenvalue weighted by Crippen LogP contribution is -2.22. The van der Waals surface area contributed by atoms with Gasteiger partial charge in [0.2, 0.25) is 0 Å². The average Bonchev–Trinajstić information content (AvgIpc) is 2.27. The number of ether oxygens (including phenoxy) is 3. The van der Waals surface area contributed by atoms with Crippen molar-refractivity contribution >= 4 is 0 Å². The number of hydrogen-bond acceptors (Lipinski definition) is 4. The van der Waals surface area contributed by atoms with Gasteiger partial charge in [0.15, 0.2) is 0 Å². The molecule has 0 atom stereocenters. The molecule has 0 saturated carbocycles. The predicted molar refractivity (Wildman–Crippen MR) is 66.1 cm³/mol. The molecule has 0 spiro atoms. The van der Waals surface area contributed by atoms with Crippen LogP contribution in [0.15, 0.2) is 12.1 Å². The summed E-state index contributed by atoms with van der Waals surface area (Å²) in [6.07, 6.45) is 0.448. The van der Waals surface area contributed by atoms with Gasteiger partial charge in [0, 0.05) is 24.1 Å². The van der Waals surface area contributed by atoms with Gasteiger partial charge in [-0.25, -0.2) is 0 Å². The zero-order valence-electron chi connectivity index (χ0n) is 11.0. The lowest BCUT2D eigenvalue weighted by atomic mass is 9.97. The van der Waals surface area contributed by atoms with Crippen molar-refractivity contribution in [3.8, 4) is 17.2 Å². The lowest BCUT2D eigenvalue weighted by molar-refractivity contribution is 0.0794. The topological polar surface area (TPSA) is 47.9 Å². The molecule has 0 unspecified atom stereocenters. The first-order chi connectivity index (χ1) is 7.91. The fourth-order valence-corrected chi connectivity index (χ4v) is 1.68. The molecule has 0 aliphatic rings. The molecular formula is C13H20O4. The van der Waals surface area contributed by atoms with Gasteiger partial charge >= 0.3 is 0 Å². The molecule has 0 saturated heterocycles. The Morgan fingerprint density at radius 3 is 1.76 bits per heavy atom. The van der Waals surface area contributed by atoms with Crippen LogP contribution in [0.4, 0.5) is 0 Å². The Hall–Kier alpha value is -1.42. The first kappa shape index (κ1) is 13.6. The molecule has 1 rings (SSSR count). The zero-order valence-corrected chi connectivity index (χ0v) is 11.0. The van der Waals surface area contributed by atoms with E-state index in [2.05, 4.69) is 0 Å². The van der Waals surface area contributed by atoms with Crippen molar-refractivity contribution in [2.75, 3.05) is 21.3 Å². The molecule has 1 N–H and O–H groups in total. The monoisotopic (exact) mass is 240 g/mol. The summed E-state index contributed by atoms with van der Waals surface area (Å²) in [7, 11) is 4.76. The van der Waals surface area contributed by atoms with Crippen LogP contribution in [-0.4, -0.2) is 32.0 Å². The number of benzene rings is 1. The third-order valence-corrected chi connectivity index (χ3v) is 2.43. The molecule has 4 heteroatoms. The number of rotatable bonds is 5. The molecule has 1 aromatic carbocycles. The molecule has 0 aromatic heterocycles. The van der Waals surface area contributed by atoms with Gasteiger partial charge in [-0.2, -0.15) is 0 Å². The average molecular weight is 240 g/mol. The molecule has 0 aliphatic carbocycles. The molecule has 4 nitrogen and oxygen atoms in total. The molecule has 0 fully saturated rings. The third-order valence-electron chi connectivity index (χ3n) is 2.43. The summed E-state index contributed by atoms with van der Waals surface area (Å²) < 4.78 is 15.8. The van der Waals surface area contributed by atoms with Crippen molar-refractivity contribution in [1.82, 2.24) is 0 Å². The van der Waals surface area contributed by atoms with Gasteiger partial charge < -0.3 is 19.3 Å². The Morgan fingerprint density at radius 1 is 1.00 bits per heavy atom. The molecule has 17 heavy (non-hydrogen) atoms. The summed E-state index contributed by atoms with van der Waals surface area (Å²) in [4.78, 5) is 0. The molecule has 1 aromatic rings. The molecule has 0 radical (unpaired) electrons. The second-order valence-electron chi connectivity index (χ2n) is 4.50. The van der Waals surface area contributed by atoms with E-state index in [9.17, 15) is 5.11 Å². The van der Waals surface area contributed by atoms with Gasteiger partial charge in [0.1, 0.15) is 17.2 Å². The number of methoxy groups -OCH3 is 3. The van der Waals surface area contributed by atoms with Gasteiger partial charge in [-0.15, -0.1) is 0 Å². The van der Waals surface area contributed by atoms with Crippen LogP contribution in [0.5, 0.6) is 17.2 Å². The summed E-state index contributed by atoms with van der Waals surface area (Å²) in [5.41, 5.74) is 0.0121. The SMILES string of the molecule is COc1cc(OC)c(CC(C)(C)O)c(OC)c1. The van der Waals surface area contributed by atoms with E-state index in [0.29, 0.717) is 23.7 Å². The first-order valence-corrected chi connectivity index (χ1v) is 5.42. The predicted octanol–water partition coefficient (Wildman–Crippen LogP) is 2.03. The molecule has 0 amide bonds. The minimum Gasteiger partial charge on any atom is -0.496 e. The molecule has 0 aliphatic heterocycles. The molecular weight excluding hydrogens is 220 g/mol. The van der Waals surface area contributed by atoms with E-state index in [-0.39, 0.29) is 0 Å². The van der Waals surface area contributed by atoms with Crippen LogP contribution in [0.25, 0.3) is 0 Å². The van der Waals surface area contributed by atoms with Crippen molar-refractivity contribution in [3.05, 3.63) is 17.7 Å². The van der Waals surface area contributed by atoms with Gasteiger partial charge in [-0.1, -0.05) is 0 Å². The molecule has 0 bridgehead atoms. The minimum atomic E-state index is -0.824. The van der Waals surface area contributed by atoms with E-state index in [1.807, 2.05) is 0 Å².